The molecule has 2 aromatic carbocycles. The maximum Gasteiger partial charge on any atom is 0.338 e. The van der Waals surface area contributed by atoms with Gasteiger partial charge in [0, 0.05) is 16.5 Å². The van der Waals surface area contributed by atoms with E-state index in [9.17, 15) is 14.9 Å². The molecule has 0 unspecified atom stereocenters. The van der Waals surface area contributed by atoms with Crippen molar-refractivity contribution in [2.45, 2.75) is 18.4 Å². The Labute approximate surface area is 132 Å². The van der Waals surface area contributed by atoms with Gasteiger partial charge in [0.15, 0.2) is 0 Å². The molecule has 0 radical (unpaired) electrons. The van der Waals surface area contributed by atoms with Gasteiger partial charge in [0.05, 0.1) is 10.5 Å². The van der Waals surface area contributed by atoms with Gasteiger partial charge in [-0.05, 0) is 36.9 Å². The fourth-order valence-corrected chi connectivity index (χ4v) is 2.30. The number of carbonyl (C=O) groups is 1. The fraction of sp³-hybridized carbons (Fsp3) is 0.188. The number of ether oxygens (including phenoxy) is 1. The van der Waals surface area contributed by atoms with Crippen LogP contribution in [0.4, 0.5) is 5.69 Å². The van der Waals surface area contributed by atoms with Crippen molar-refractivity contribution >= 4 is 23.4 Å². The van der Waals surface area contributed by atoms with Crippen LogP contribution in [0.5, 0.6) is 0 Å². The predicted molar refractivity (Wildman–Crippen MR) is 85.2 cm³/mol. The minimum Gasteiger partial charge on any atom is -0.457 e. The van der Waals surface area contributed by atoms with Crippen LogP contribution in [0.3, 0.4) is 0 Å². The molecule has 2 aromatic rings. The summed E-state index contributed by atoms with van der Waals surface area (Å²) in [5.74, 6) is -0.572. The van der Waals surface area contributed by atoms with E-state index in [4.69, 9.17) is 4.74 Å². The number of thioether (sulfide) groups is 1. The van der Waals surface area contributed by atoms with Crippen molar-refractivity contribution in [3.63, 3.8) is 0 Å². The zero-order valence-electron chi connectivity index (χ0n) is 12.2. The van der Waals surface area contributed by atoms with Gasteiger partial charge in [0.1, 0.15) is 6.61 Å². The Morgan fingerprint density at radius 3 is 2.50 bits per heavy atom. The molecule has 0 atom stereocenters. The number of esters is 1. The number of hydrogen-bond donors (Lipinski definition) is 0. The van der Waals surface area contributed by atoms with Crippen molar-refractivity contribution in [1.82, 2.24) is 0 Å². The third kappa shape index (κ3) is 3.85. The van der Waals surface area contributed by atoms with Gasteiger partial charge >= 0.3 is 5.97 Å². The summed E-state index contributed by atoms with van der Waals surface area (Å²) in [5, 5.41) is 10.9. The van der Waals surface area contributed by atoms with E-state index in [1.54, 1.807) is 24.8 Å². The average molecular weight is 317 g/mol. The van der Waals surface area contributed by atoms with Crippen molar-refractivity contribution < 1.29 is 14.5 Å². The van der Waals surface area contributed by atoms with Gasteiger partial charge in [0.2, 0.25) is 0 Å². The summed E-state index contributed by atoms with van der Waals surface area (Å²) in [5.41, 5.74) is 1.47. The maximum absolute atomic E-state index is 12.0. The lowest BCUT2D eigenvalue weighted by molar-refractivity contribution is -0.385. The molecule has 0 amide bonds. The second-order valence-electron chi connectivity index (χ2n) is 4.68. The lowest BCUT2D eigenvalue weighted by Gasteiger charge is -2.06. The topological polar surface area (TPSA) is 69.4 Å². The third-order valence-electron chi connectivity index (χ3n) is 3.17. The van der Waals surface area contributed by atoms with Gasteiger partial charge in [-0.2, -0.15) is 0 Å². The highest BCUT2D eigenvalue weighted by atomic mass is 32.2. The minimum absolute atomic E-state index is 0.0845. The summed E-state index contributed by atoms with van der Waals surface area (Å²) in [6.07, 6.45) is 1.99. The highest BCUT2D eigenvalue weighted by molar-refractivity contribution is 7.98. The lowest BCUT2D eigenvalue weighted by Crippen LogP contribution is -2.06. The summed E-state index contributed by atoms with van der Waals surface area (Å²) < 4.78 is 5.19. The van der Waals surface area contributed by atoms with Gasteiger partial charge in [-0.3, -0.25) is 10.1 Å². The Kier molecular flexibility index (Phi) is 5.16. The Balaban J connectivity index is 2.05. The minimum atomic E-state index is -0.572. The first-order valence-corrected chi connectivity index (χ1v) is 7.79. The highest BCUT2D eigenvalue weighted by Gasteiger charge is 2.15. The highest BCUT2D eigenvalue weighted by Crippen LogP contribution is 2.20. The van der Waals surface area contributed by atoms with Crippen molar-refractivity contribution in [2.24, 2.45) is 0 Å². The monoisotopic (exact) mass is 317 g/mol. The van der Waals surface area contributed by atoms with Crippen LogP contribution in [0.15, 0.2) is 47.4 Å². The van der Waals surface area contributed by atoms with Gasteiger partial charge in [0.25, 0.3) is 5.69 Å². The lowest BCUT2D eigenvalue weighted by atomic mass is 10.1. The standard InChI is InChI=1S/C16H15NO4S/c1-11-3-6-13(9-15(11)17(19)20)16(18)21-10-12-4-7-14(22-2)8-5-12/h3-9H,10H2,1-2H3. The van der Waals surface area contributed by atoms with Crippen molar-refractivity contribution in [3.05, 3.63) is 69.3 Å². The number of nitro benzene ring substituents is 1. The van der Waals surface area contributed by atoms with E-state index in [0.29, 0.717) is 5.56 Å². The molecule has 22 heavy (non-hydrogen) atoms. The van der Waals surface area contributed by atoms with Crippen molar-refractivity contribution in [3.8, 4) is 0 Å². The second-order valence-corrected chi connectivity index (χ2v) is 5.56. The van der Waals surface area contributed by atoms with Crippen LogP contribution in [-0.2, 0) is 11.3 Å². The van der Waals surface area contributed by atoms with Gasteiger partial charge in [-0.15, -0.1) is 11.8 Å². The van der Waals surface area contributed by atoms with E-state index < -0.39 is 10.9 Å². The van der Waals surface area contributed by atoms with E-state index in [-0.39, 0.29) is 17.9 Å². The zero-order valence-corrected chi connectivity index (χ0v) is 13.1. The Bertz CT molecular complexity index is 698. The first-order chi connectivity index (χ1) is 10.5. The number of benzene rings is 2. The molecule has 6 heteroatoms. The number of aryl methyl sites for hydroxylation is 1. The largest absolute Gasteiger partial charge is 0.457 e. The smallest absolute Gasteiger partial charge is 0.338 e. The Morgan fingerprint density at radius 1 is 1.23 bits per heavy atom. The van der Waals surface area contributed by atoms with E-state index in [2.05, 4.69) is 0 Å². The number of carbonyl (C=O) groups excluding carboxylic acids is 1. The molecule has 0 N–H and O–H groups in total. The van der Waals surface area contributed by atoms with Crippen LogP contribution in [0.1, 0.15) is 21.5 Å². The van der Waals surface area contributed by atoms with Crippen LogP contribution in [0.25, 0.3) is 0 Å². The molecule has 0 heterocycles. The average Bonchev–Trinajstić information content (AvgIpc) is 2.53. The first-order valence-electron chi connectivity index (χ1n) is 6.56. The molecule has 0 aromatic heterocycles. The summed E-state index contributed by atoms with van der Waals surface area (Å²) in [6, 6.07) is 12.0. The molecular formula is C16H15NO4S. The molecule has 114 valence electrons. The zero-order chi connectivity index (χ0) is 16.1. The number of nitro groups is 1. The maximum atomic E-state index is 12.0. The van der Waals surface area contributed by atoms with Crippen LogP contribution in [-0.4, -0.2) is 17.1 Å². The third-order valence-corrected chi connectivity index (χ3v) is 3.91. The molecule has 0 saturated heterocycles. The first kappa shape index (κ1) is 16.0. The molecule has 2 rings (SSSR count). The molecule has 5 nitrogen and oxygen atoms in total. The molecule has 0 spiro atoms. The van der Waals surface area contributed by atoms with Crippen LogP contribution in [0, 0.1) is 17.0 Å². The summed E-state index contributed by atoms with van der Waals surface area (Å²) in [6.45, 7) is 1.76. The molecular weight excluding hydrogens is 302 g/mol. The summed E-state index contributed by atoms with van der Waals surface area (Å²) >= 11 is 1.63. The van der Waals surface area contributed by atoms with E-state index >= 15 is 0 Å². The molecule has 0 fully saturated rings. The van der Waals surface area contributed by atoms with E-state index in [1.165, 1.54) is 12.1 Å². The number of nitrogens with zero attached hydrogens (tertiary/aromatic N) is 1. The van der Waals surface area contributed by atoms with Crippen molar-refractivity contribution in [2.75, 3.05) is 6.26 Å². The molecule has 0 saturated carbocycles. The molecule has 0 aliphatic heterocycles. The van der Waals surface area contributed by atoms with E-state index in [1.807, 2.05) is 30.5 Å². The van der Waals surface area contributed by atoms with Gasteiger partial charge < -0.3 is 4.74 Å². The van der Waals surface area contributed by atoms with Crippen molar-refractivity contribution in [1.29, 1.82) is 0 Å². The van der Waals surface area contributed by atoms with Crippen LogP contribution < -0.4 is 0 Å². The summed E-state index contributed by atoms with van der Waals surface area (Å²) in [7, 11) is 0. The fourth-order valence-electron chi connectivity index (χ4n) is 1.89. The Hall–Kier alpha value is -2.34. The van der Waals surface area contributed by atoms with E-state index in [0.717, 1.165) is 10.5 Å². The quantitative estimate of drug-likeness (QED) is 0.361. The van der Waals surface area contributed by atoms with Crippen LogP contribution in [0.2, 0.25) is 0 Å². The predicted octanol–water partition coefficient (Wildman–Crippen LogP) is 3.98. The molecule has 0 aliphatic rings. The molecule has 0 aliphatic carbocycles. The van der Waals surface area contributed by atoms with Crippen LogP contribution >= 0.6 is 11.8 Å². The number of hydrogen-bond acceptors (Lipinski definition) is 5. The SMILES string of the molecule is CSc1ccc(COC(=O)c2ccc(C)c([N+](=O)[O-])c2)cc1. The number of rotatable bonds is 5. The van der Waals surface area contributed by atoms with Gasteiger partial charge in [-0.25, -0.2) is 4.79 Å². The Morgan fingerprint density at radius 2 is 1.91 bits per heavy atom. The summed E-state index contributed by atoms with van der Waals surface area (Å²) in [4.78, 5) is 23.5. The second kappa shape index (κ2) is 7.09. The normalized spacial score (nSPS) is 10.3. The molecule has 0 bridgehead atoms. The van der Waals surface area contributed by atoms with Gasteiger partial charge in [-0.1, -0.05) is 18.2 Å².